The Labute approximate surface area is 291 Å². The average molecular weight is 831 g/mol. The van der Waals surface area contributed by atoms with Crippen molar-refractivity contribution in [2.45, 2.75) is 85.8 Å². The maximum absolute atomic E-state index is 13.4. The second kappa shape index (κ2) is 15.2. The minimum absolute atomic E-state index is 0.00795. The molecule has 1 N–H and O–H groups in total. The van der Waals surface area contributed by atoms with Crippen LogP contribution in [0.4, 0.5) is 5.82 Å². The summed E-state index contributed by atoms with van der Waals surface area (Å²) < 4.78 is 57.5. The van der Waals surface area contributed by atoms with Crippen LogP contribution in [0.3, 0.4) is 0 Å². The number of aromatic nitrogens is 1. The van der Waals surface area contributed by atoms with Crippen molar-refractivity contribution in [2.75, 3.05) is 37.6 Å². The molecular formula is C29H39Br2ClN4O6S3. The number of pyridine rings is 1. The molecule has 0 bridgehead atoms. The van der Waals surface area contributed by atoms with Gasteiger partial charge in [-0.2, -0.15) is 8.61 Å². The molecule has 0 radical (unpaired) electrons. The largest absolute Gasteiger partial charge is 0.480 e. The minimum atomic E-state index is -4.00. The van der Waals surface area contributed by atoms with E-state index in [-0.39, 0.29) is 15.1 Å². The Bertz CT molecular complexity index is 1550. The van der Waals surface area contributed by atoms with Gasteiger partial charge in [0, 0.05) is 42.9 Å². The van der Waals surface area contributed by atoms with Crippen molar-refractivity contribution in [3.63, 3.8) is 0 Å². The quantitative estimate of drug-likeness (QED) is 0.247. The first kappa shape index (κ1) is 35.5. The van der Waals surface area contributed by atoms with Crippen LogP contribution in [0.1, 0.15) is 70.6 Å². The van der Waals surface area contributed by atoms with E-state index < -0.39 is 32.6 Å². The van der Waals surface area contributed by atoms with Gasteiger partial charge < -0.3 is 10.0 Å². The Morgan fingerprint density at radius 1 is 0.956 bits per heavy atom. The van der Waals surface area contributed by atoms with Crippen LogP contribution in [-0.4, -0.2) is 80.3 Å². The molecule has 2 aliphatic heterocycles. The number of carbonyl (C=O) groups is 1. The van der Waals surface area contributed by atoms with Crippen LogP contribution >= 0.6 is 54.8 Å². The zero-order valence-electron chi connectivity index (χ0n) is 24.9. The molecule has 0 unspecified atom stereocenters. The summed E-state index contributed by atoms with van der Waals surface area (Å²) in [6, 6.07) is 2.84. The number of hydrogen-bond donors (Lipinski definition) is 1. The molecule has 0 aromatic carbocycles. The number of hydrogen-bond acceptors (Lipinski definition) is 8. The normalized spacial score (nSPS) is 20.0. The number of rotatable bonds is 12. The van der Waals surface area contributed by atoms with Gasteiger partial charge in [0.15, 0.2) is 0 Å². The lowest BCUT2D eigenvalue weighted by molar-refractivity contribution is -0.137. The molecule has 2 aromatic rings. The molecule has 4 heterocycles. The van der Waals surface area contributed by atoms with Crippen molar-refractivity contribution in [3.05, 3.63) is 31.6 Å². The van der Waals surface area contributed by atoms with E-state index >= 15 is 0 Å². The Morgan fingerprint density at radius 2 is 1.56 bits per heavy atom. The molecule has 0 amide bonds. The lowest BCUT2D eigenvalue weighted by Crippen LogP contribution is -2.42. The van der Waals surface area contributed by atoms with Crippen molar-refractivity contribution in [2.24, 2.45) is 11.8 Å². The second-order valence-corrected chi connectivity index (χ2v) is 19.7. The molecule has 45 heavy (non-hydrogen) atoms. The third kappa shape index (κ3) is 8.44. The zero-order chi connectivity index (χ0) is 32.4. The van der Waals surface area contributed by atoms with Crippen LogP contribution < -0.4 is 4.90 Å². The molecule has 2 saturated heterocycles. The summed E-state index contributed by atoms with van der Waals surface area (Å²) in [5.41, 5.74) is 0. The third-order valence-electron chi connectivity index (χ3n) is 9.36. The van der Waals surface area contributed by atoms with Crippen molar-refractivity contribution < 1.29 is 26.7 Å². The molecule has 10 nitrogen and oxygen atoms in total. The topological polar surface area (TPSA) is 128 Å². The molecule has 0 spiro atoms. The summed E-state index contributed by atoms with van der Waals surface area (Å²) in [4.78, 5) is 18.2. The number of thiophene rings is 1. The average Bonchev–Trinajstić information content (AvgIpc) is 3.66. The number of anilines is 1. The van der Waals surface area contributed by atoms with E-state index in [1.807, 2.05) is 0 Å². The summed E-state index contributed by atoms with van der Waals surface area (Å²) in [5.74, 6) is 0.683. The first-order valence-electron chi connectivity index (χ1n) is 15.5. The van der Waals surface area contributed by atoms with Gasteiger partial charge in [-0.15, -0.1) is 11.3 Å². The highest BCUT2D eigenvalue weighted by atomic mass is 79.9. The van der Waals surface area contributed by atoms with Crippen molar-refractivity contribution in [1.82, 2.24) is 13.6 Å². The summed E-state index contributed by atoms with van der Waals surface area (Å²) in [7, 11) is -7.51. The Morgan fingerprint density at radius 3 is 2.09 bits per heavy atom. The maximum Gasteiger partial charge on any atom is 0.318 e. The Kier molecular flexibility index (Phi) is 12.0. The number of carboxylic acid groups (broad SMARTS) is 1. The van der Waals surface area contributed by atoms with Gasteiger partial charge in [0.2, 0.25) is 10.0 Å². The van der Waals surface area contributed by atoms with Gasteiger partial charge in [-0.25, -0.2) is 21.8 Å². The minimum Gasteiger partial charge on any atom is -0.480 e. The van der Waals surface area contributed by atoms with Crippen LogP contribution in [0, 0.1) is 11.8 Å². The van der Waals surface area contributed by atoms with Crippen LogP contribution in [0.5, 0.6) is 0 Å². The molecule has 16 heteroatoms. The summed E-state index contributed by atoms with van der Waals surface area (Å²) in [5, 5.41) is 9.38. The monoisotopic (exact) mass is 828 g/mol. The fourth-order valence-electron chi connectivity index (χ4n) is 6.81. The number of halogens is 3. The van der Waals surface area contributed by atoms with Crippen molar-refractivity contribution in [1.29, 1.82) is 0 Å². The van der Waals surface area contributed by atoms with E-state index in [1.54, 1.807) is 16.4 Å². The molecule has 3 fully saturated rings. The van der Waals surface area contributed by atoms with Gasteiger partial charge in [0.05, 0.1) is 4.47 Å². The predicted octanol–water partition coefficient (Wildman–Crippen LogP) is 6.83. The number of carboxylic acids is 1. The van der Waals surface area contributed by atoms with Gasteiger partial charge in [-0.3, -0.25) is 4.79 Å². The first-order chi connectivity index (χ1) is 21.4. The van der Waals surface area contributed by atoms with Gasteiger partial charge >= 0.3 is 5.97 Å². The van der Waals surface area contributed by atoms with E-state index in [2.05, 4.69) is 41.7 Å². The third-order valence-corrected chi connectivity index (χ3v) is 16.6. The molecule has 0 atom stereocenters. The molecule has 250 valence electrons. The van der Waals surface area contributed by atoms with E-state index in [0.29, 0.717) is 56.9 Å². The highest BCUT2D eigenvalue weighted by Crippen LogP contribution is 2.38. The number of nitrogens with zero attached hydrogens (tertiary/aromatic N) is 4. The lowest BCUT2D eigenvalue weighted by Gasteiger charge is -2.34. The van der Waals surface area contributed by atoms with Gasteiger partial charge in [-0.1, -0.05) is 43.7 Å². The predicted molar refractivity (Wildman–Crippen MR) is 183 cm³/mol. The van der Waals surface area contributed by atoms with Gasteiger partial charge in [0.1, 0.15) is 25.8 Å². The van der Waals surface area contributed by atoms with E-state index in [4.69, 9.17) is 11.6 Å². The van der Waals surface area contributed by atoms with Crippen LogP contribution in [0.15, 0.2) is 36.4 Å². The molecule has 1 saturated carbocycles. The van der Waals surface area contributed by atoms with Crippen LogP contribution in [0.2, 0.25) is 4.34 Å². The number of piperidine rings is 2. The van der Waals surface area contributed by atoms with Gasteiger partial charge in [0.25, 0.3) is 10.0 Å². The smallest absolute Gasteiger partial charge is 0.318 e. The van der Waals surface area contributed by atoms with Gasteiger partial charge in [-0.05, 0) is 94.4 Å². The van der Waals surface area contributed by atoms with E-state index in [1.165, 1.54) is 6.20 Å². The number of sulfonamides is 2. The Hall–Kier alpha value is -0.810. The summed E-state index contributed by atoms with van der Waals surface area (Å²) >= 11 is 14.0. The highest BCUT2D eigenvalue weighted by molar-refractivity contribution is 9.11. The molecular weight excluding hydrogens is 792 g/mol. The maximum atomic E-state index is 13.4. The molecule has 2 aromatic heterocycles. The molecule has 1 aliphatic carbocycles. The van der Waals surface area contributed by atoms with E-state index in [0.717, 1.165) is 86.5 Å². The summed E-state index contributed by atoms with van der Waals surface area (Å²) in [6.45, 7) is 2.19. The summed E-state index contributed by atoms with van der Waals surface area (Å²) in [6.07, 6.45) is 11.6. The fourth-order valence-corrected chi connectivity index (χ4v) is 13.1. The molecule has 3 aliphatic rings. The molecule has 5 rings (SSSR count). The zero-order valence-corrected chi connectivity index (χ0v) is 31.3. The first-order valence-corrected chi connectivity index (χ1v) is 21.1. The highest BCUT2D eigenvalue weighted by Gasteiger charge is 2.36. The van der Waals surface area contributed by atoms with Crippen LogP contribution in [0.25, 0.3) is 0 Å². The van der Waals surface area contributed by atoms with Crippen molar-refractivity contribution >= 4 is 86.6 Å². The van der Waals surface area contributed by atoms with Crippen molar-refractivity contribution in [3.8, 4) is 0 Å². The second-order valence-electron chi connectivity index (χ2n) is 12.3. The fraction of sp³-hybridized carbons (Fsp3) is 0.655. The lowest BCUT2D eigenvalue weighted by atomic mass is 9.87. The van der Waals surface area contributed by atoms with E-state index in [9.17, 15) is 26.7 Å². The SMILES string of the molecule is O=C(O)CN(C1CCCC1)S(=O)(=O)c1cnc(N2CCC(CCCC3CCN(S(=O)(=O)c4cc(Br)c(Cl)s4)CC3)CC2)c(Br)c1. The van der Waals surface area contributed by atoms with Crippen LogP contribution in [-0.2, 0) is 24.8 Å². The standard InChI is InChI=1S/C29H39Br2ClN4O6S3/c30-24-17-27(43-28(24)32)45(41,42)35-14-10-21(11-15-35)5-3-4-20-8-12-34(13-9-20)29-25(31)16-23(18-33-29)44(39,40)36(19-26(37)38)22-6-1-2-7-22/h16-18,20-22H,1-15,19H2,(H,37,38). The number of aliphatic carboxylic acids is 1. The Balaban J connectivity index is 1.08.